The molecule has 20 heteroatoms. The van der Waals surface area contributed by atoms with E-state index >= 15 is 0 Å². The third-order valence-electron chi connectivity index (χ3n) is 20.3. The number of imidazole rings is 3. The first kappa shape index (κ1) is 66.0. The summed E-state index contributed by atoms with van der Waals surface area (Å²) in [5, 5.41) is 9.45. The number of hydrogen-bond donors (Lipinski definition) is 3. The van der Waals surface area contributed by atoms with Crippen molar-refractivity contribution in [2.24, 2.45) is 0 Å². The van der Waals surface area contributed by atoms with Crippen molar-refractivity contribution in [2.75, 3.05) is 114 Å². The maximum absolute atomic E-state index is 12.5. The molecule has 17 rings (SSSR count). The van der Waals surface area contributed by atoms with E-state index in [1.165, 1.54) is 61.3 Å². The number of hydrogen-bond acceptors (Lipinski definition) is 15. The van der Waals surface area contributed by atoms with Gasteiger partial charge >= 0.3 is 0 Å². The van der Waals surface area contributed by atoms with Gasteiger partial charge in [-0.1, -0.05) is 49.4 Å². The lowest BCUT2D eigenvalue weighted by atomic mass is 10.0. The van der Waals surface area contributed by atoms with E-state index < -0.39 is 0 Å². The molecule has 4 aliphatic heterocycles. The van der Waals surface area contributed by atoms with Gasteiger partial charge in [0, 0.05) is 192 Å². The van der Waals surface area contributed by atoms with E-state index in [1.54, 1.807) is 26.6 Å². The highest BCUT2D eigenvalue weighted by Crippen LogP contribution is 2.34. The lowest BCUT2D eigenvalue weighted by molar-refractivity contribution is 0.0946. The predicted molar refractivity (Wildman–Crippen MR) is 399 cm³/mol. The van der Waals surface area contributed by atoms with Gasteiger partial charge in [0.25, 0.3) is 11.8 Å². The van der Waals surface area contributed by atoms with Crippen LogP contribution in [0.5, 0.6) is 11.8 Å². The zero-order valence-corrected chi connectivity index (χ0v) is 57.7. The van der Waals surface area contributed by atoms with Crippen LogP contribution in [-0.4, -0.2) is 170 Å². The van der Waals surface area contributed by atoms with Gasteiger partial charge in [-0.2, -0.15) is 0 Å². The van der Waals surface area contributed by atoms with E-state index in [0.717, 1.165) is 169 Å². The molecule has 2 amide bonds. The molecule has 3 saturated heterocycles. The molecule has 4 fully saturated rings. The van der Waals surface area contributed by atoms with E-state index in [-0.39, 0.29) is 11.8 Å². The number of likely N-dealkylation sites (N-methyl/N-ethyl adjacent to an activating group) is 1. The highest BCUT2D eigenvalue weighted by molar-refractivity contribution is 5.99. The number of aromatic nitrogens is 8. The van der Waals surface area contributed by atoms with Crippen LogP contribution in [0.2, 0.25) is 0 Å². The number of fused-ring (bicyclic) bond motifs is 4. The largest absolute Gasteiger partial charge is 0.481 e. The van der Waals surface area contributed by atoms with Gasteiger partial charge < -0.3 is 45.0 Å². The summed E-state index contributed by atoms with van der Waals surface area (Å²) >= 11 is 0. The number of carbonyl (C=O) groups excluding carboxylic acids is 2. The summed E-state index contributed by atoms with van der Waals surface area (Å²) in [6, 6.07) is 53.1. The van der Waals surface area contributed by atoms with Crippen molar-refractivity contribution >= 4 is 51.5 Å². The fourth-order valence-electron chi connectivity index (χ4n) is 14.5. The smallest absolute Gasteiger partial charge is 0.251 e. The number of amides is 2. The van der Waals surface area contributed by atoms with E-state index in [4.69, 9.17) is 9.47 Å². The molecule has 0 atom stereocenters. The van der Waals surface area contributed by atoms with Crippen LogP contribution in [-0.2, 0) is 19.4 Å². The van der Waals surface area contributed by atoms with E-state index in [1.807, 2.05) is 97.8 Å². The zero-order valence-electron chi connectivity index (χ0n) is 57.7. The van der Waals surface area contributed by atoms with Crippen LogP contribution in [0.15, 0.2) is 201 Å². The summed E-state index contributed by atoms with van der Waals surface area (Å²) in [5.74, 6) is 1.17. The van der Waals surface area contributed by atoms with Crippen LogP contribution in [0, 0.1) is 0 Å². The van der Waals surface area contributed by atoms with Crippen molar-refractivity contribution in [3.05, 3.63) is 240 Å². The fourth-order valence-corrected chi connectivity index (χ4v) is 14.5. The van der Waals surface area contributed by atoms with Crippen molar-refractivity contribution < 1.29 is 19.1 Å². The number of piperazine rings is 2. The second-order valence-electron chi connectivity index (χ2n) is 26.6. The highest BCUT2D eigenvalue weighted by atomic mass is 16.5. The summed E-state index contributed by atoms with van der Waals surface area (Å²) in [6.45, 7) is 16.9. The summed E-state index contributed by atoms with van der Waals surface area (Å²) in [5.41, 5.74) is 20.9. The fraction of sp³-hybridized carbons (Fsp3) is 0.296. The Labute approximate surface area is 589 Å². The number of nitrogens with one attached hydrogen (secondary N) is 3. The predicted octanol–water partition coefficient (Wildman–Crippen LogP) is 12.2. The van der Waals surface area contributed by atoms with E-state index in [9.17, 15) is 9.59 Å². The van der Waals surface area contributed by atoms with Crippen LogP contribution in [0.1, 0.15) is 81.1 Å². The SMILES string of the molecule is CCN1CCN(c2ccc(Nc3ccc(-c4ccnc(OC)c4)n4ccnc34)cc2)CC1.COc1cc(-c2ccc(Cc3ccc(N4CCN(C5CC5)CC4)cc3)c3nccn23)ccn1.O=C(NCCN1CCCC1)c1ccc(Cc2ccc(-c3ccc4c(c3)CNC4=O)n3ccnc23)cc1. The minimum atomic E-state index is -0.0213. The highest BCUT2D eigenvalue weighted by Gasteiger charge is 2.31. The monoisotopic (exact) mass is 1350 g/mol. The van der Waals surface area contributed by atoms with E-state index in [0.29, 0.717) is 30.4 Å². The summed E-state index contributed by atoms with van der Waals surface area (Å²) in [6.07, 6.45) is 21.9. The number of methoxy groups -OCH3 is 2. The molecule has 12 aromatic rings. The van der Waals surface area contributed by atoms with Crippen molar-refractivity contribution in [1.82, 2.24) is 63.5 Å². The number of carbonyl (C=O) groups is 2. The zero-order chi connectivity index (χ0) is 68.6. The van der Waals surface area contributed by atoms with Crippen LogP contribution >= 0.6 is 0 Å². The number of likely N-dealkylation sites (tertiary alicyclic amines) is 1. The molecule has 0 unspecified atom stereocenters. The molecule has 0 bridgehead atoms. The molecule has 101 heavy (non-hydrogen) atoms. The van der Waals surface area contributed by atoms with Gasteiger partial charge in [0.15, 0.2) is 5.65 Å². The Bertz CT molecular complexity index is 4850. The first-order valence-corrected chi connectivity index (χ1v) is 35.5. The molecule has 4 aromatic carbocycles. The van der Waals surface area contributed by atoms with Crippen LogP contribution in [0.25, 0.3) is 50.7 Å². The van der Waals surface area contributed by atoms with Gasteiger partial charge in [-0.3, -0.25) is 27.7 Å². The summed E-state index contributed by atoms with van der Waals surface area (Å²) in [7, 11) is 3.27. The molecule has 3 N–H and O–H groups in total. The average molecular weight is 1350 g/mol. The summed E-state index contributed by atoms with van der Waals surface area (Å²) < 4.78 is 16.9. The van der Waals surface area contributed by atoms with Crippen LogP contribution in [0.4, 0.5) is 22.7 Å². The number of pyridine rings is 5. The number of rotatable bonds is 19. The van der Waals surface area contributed by atoms with Gasteiger partial charge in [0.2, 0.25) is 11.8 Å². The van der Waals surface area contributed by atoms with Crippen LogP contribution in [0.3, 0.4) is 0 Å². The molecular weight excluding hydrogens is 1260 g/mol. The van der Waals surface area contributed by atoms with Crippen molar-refractivity contribution in [3.63, 3.8) is 0 Å². The molecule has 8 aromatic heterocycles. The third-order valence-corrected chi connectivity index (χ3v) is 20.3. The van der Waals surface area contributed by atoms with Gasteiger partial charge in [-0.05, 0) is 176 Å². The minimum absolute atomic E-state index is 0.00902. The minimum Gasteiger partial charge on any atom is -0.481 e. The molecule has 20 nitrogen and oxygen atoms in total. The molecule has 514 valence electrons. The van der Waals surface area contributed by atoms with Gasteiger partial charge in [0.05, 0.1) is 37.0 Å². The Morgan fingerprint density at radius 2 is 1.05 bits per heavy atom. The quantitative estimate of drug-likeness (QED) is 0.0695. The lowest BCUT2D eigenvalue weighted by Crippen LogP contribution is -2.47. The Morgan fingerprint density at radius 1 is 0.525 bits per heavy atom. The summed E-state index contributed by atoms with van der Waals surface area (Å²) in [4.78, 5) is 59.3. The van der Waals surface area contributed by atoms with Gasteiger partial charge in [-0.25, -0.2) is 24.9 Å². The second kappa shape index (κ2) is 30.3. The van der Waals surface area contributed by atoms with Crippen molar-refractivity contribution in [2.45, 2.75) is 58.0 Å². The van der Waals surface area contributed by atoms with Crippen LogP contribution < -0.4 is 35.2 Å². The van der Waals surface area contributed by atoms with Crippen molar-refractivity contribution in [1.29, 1.82) is 0 Å². The molecule has 0 spiro atoms. The second-order valence-corrected chi connectivity index (χ2v) is 26.6. The third kappa shape index (κ3) is 15.0. The molecule has 0 radical (unpaired) electrons. The van der Waals surface area contributed by atoms with Crippen molar-refractivity contribution in [3.8, 4) is 45.5 Å². The lowest BCUT2D eigenvalue weighted by Gasteiger charge is -2.36. The Hall–Kier alpha value is -10.9. The number of anilines is 4. The normalized spacial score (nSPS) is 15.6. The molecule has 1 saturated carbocycles. The standard InChI is InChI=1S/C29H29N5O2.C27H29N5O.C25H28N6O/c35-28(31-11-15-33-13-1-2-14-33)21-5-3-20(4-6-21)17-23-8-10-26(34-16-12-30-27(23)34)22-7-9-25-24(18-22)19-32-29(25)36;1-33-26-19-21(10-11-28-26)25-9-4-22(27-29-12-13-32(25)27)18-20-2-5-23(6-3-20)30-14-16-31(17-15-30)24-7-8-24;1-3-29-14-16-30(17-15-29)21-6-4-20(5-7-21)28-22-8-9-23(31-13-12-27-25(22)31)19-10-11-26-24(18-19)32-2/h3-10,12,16,18H,1-2,11,13-15,17,19H2,(H,31,35)(H,32,36);2-6,9-13,19,24H,7-8,14-18H2,1H3;4-13,18,28H,3,14-17H2,1-2H3. The average Bonchev–Trinajstić information content (AvgIpc) is 1.70. The number of benzene rings is 4. The number of ether oxygens (including phenoxy) is 2. The Morgan fingerprint density at radius 3 is 1.61 bits per heavy atom. The molecule has 5 aliphatic rings. The maximum Gasteiger partial charge on any atom is 0.251 e. The first-order chi connectivity index (χ1) is 49.7. The van der Waals surface area contributed by atoms with E-state index in [2.05, 4.69) is 176 Å². The first-order valence-electron chi connectivity index (χ1n) is 35.5. The molecule has 12 heterocycles. The Kier molecular flexibility index (Phi) is 19.8. The molecular formula is C81H86N16O4. The maximum atomic E-state index is 12.5. The number of nitrogens with zero attached hydrogens (tertiary/aromatic N) is 13. The topological polar surface area (TPSA) is 183 Å². The van der Waals surface area contributed by atoms with Gasteiger partial charge in [-0.15, -0.1) is 0 Å². The Balaban J connectivity index is 0.000000123. The van der Waals surface area contributed by atoms with Gasteiger partial charge in [0.1, 0.15) is 11.3 Å². The molecule has 1 aliphatic carbocycles.